The first-order valence-electron chi connectivity index (χ1n) is 3.46. The molecule has 10 heavy (non-hydrogen) atoms. The molecule has 1 aliphatic heterocycles. The Bertz CT molecular complexity index is 106. The van der Waals surface area contributed by atoms with Crippen LogP contribution in [0.2, 0.25) is 0 Å². The lowest BCUT2D eigenvalue weighted by molar-refractivity contribution is 0.433. The quantitative estimate of drug-likeness (QED) is 0.726. The van der Waals surface area contributed by atoms with Crippen LogP contribution in [0, 0.1) is 0 Å². The summed E-state index contributed by atoms with van der Waals surface area (Å²) in [5.41, 5.74) is 0. The summed E-state index contributed by atoms with van der Waals surface area (Å²) >= 11 is 1.88. The molecule has 0 aromatic heterocycles. The molecule has 0 fully saturated rings. The normalized spacial score (nSPS) is 15.5. The van der Waals surface area contributed by atoms with Crippen LogP contribution in [-0.4, -0.2) is 17.3 Å². The number of nitrogens with zero attached hydrogens (tertiary/aromatic N) is 1. The maximum absolute atomic E-state index is 2.36. The second-order valence-corrected chi connectivity index (χ2v) is 3.11. The van der Waals surface area contributed by atoms with Crippen molar-refractivity contribution in [2.75, 3.05) is 12.4 Å². The predicted molar refractivity (Wildman–Crippen MR) is 58.6 cm³/mol. The van der Waals surface area contributed by atoms with Crippen molar-refractivity contribution in [1.82, 2.24) is 4.90 Å². The first-order valence-corrected chi connectivity index (χ1v) is 4.50. The third-order valence-electron chi connectivity index (χ3n) is 1.41. The van der Waals surface area contributed by atoms with Crippen molar-refractivity contribution < 1.29 is 0 Å². The molecule has 0 saturated heterocycles. The van der Waals surface area contributed by atoms with Gasteiger partial charge in [-0.15, -0.1) is 35.7 Å². The average Bonchev–Trinajstić information content (AvgIpc) is 2.34. The zero-order valence-corrected chi connectivity index (χ0v) is 9.39. The highest BCUT2D eigenvalue weighted by atomic mass is 127. The summed E-state index contributed by atoms with van der Waals surface area (Å²) in [6.07, 6.45) is 4.81. The van der Waals surface area contributed by atoms with E-state index in [0.29, 0.717) is 0 Å². The minimum absolute atomic E-state index is 0. The van der Waals surface area contributed by atoms with Gasteiger partial charge in [0.05, 0.1) is 5.88 Å². The average molecular weight is 271 g/mol. The smallest absolute Gasteiger partial charge is 0.0675 e. The van der Waals surface area contributed by atoms with E-state index in [2.05, 4.69) is 23.4 Å². The minimum Gasteiger partial charge on any atom is -0.367 e. The van der Waals surface area contributed by atoms with Crippen LogP contribution in [0.25, 0.3) is 0 Å². The Balaban J connectivity index is 0.000000810. The molecule has 0 bridgehead atoms. The summed E-state index contributed by atoms with van der Waals surface area (Å²) in [5, 5.41) is 2.16. The molecule has 0 aromatic carbocycles. The molecule has 0 spiro atoms. The van der Waals surface area contributed by atoms with E-state index < -0.39 is 0 Å². The lowest BCUT2D eigenvalue weighted by Gasteiger charge is -2.12. The van der Waals surface area contributed by atoms with Gasteiger partial charge in [0.25, 0.3) is 0 Å². The Hall–Kier alpha value is 0.620. The van der Waals surface area contributed by atoms with Crippen molar-refractivity contribution in [2.24, 2.45) is 0 Å². The van der Waals surface area contributed by atoms with Crippen molar-refractivity contribution in [1.29, 1.82) is 0 Å². The molecule has 0 atom stereocenters. The molecule has 0 saturated carbocycles. The zero-order chi connectivity index (χ0) is 6.53. The van der Waals surface area contributed by atoms with Crippen LogP contribution in [0.3, 0.4) is 0 Å². The molecule has 1 heterocycles. The van der Waals surface area contributed by atoms with Crippen molar-refractivity contribution in [3.05, 3.63) is 11.6 Å². The number of hydrogen-bond donors (Lipinski definition) is 0. The van der Waals surface area contributed by atoms with Crippen LogP contribution in [0.5, 0.6) is 0 Å². The van der Waals surface area contributed by atoms with E-state index in [1.807, 2.05) is 11.8 Å². The molecule has 0 unspecified atom stereocenters. The topological polar surface area (TPSA) is 3.24 Å². The molecule has 1 nitrogen and oxygen atoms in total. The molecule has 60 valence electrons. The van der Waals surface area contributed by atoms with Crippen LogP contribution < -0.4 is 0 Å². The molecule has 3 heteroatoms. The molecule has 1 aliphatic rings. The Morgan fingerprint density at radius 3 is 2.90 bits per heavy atom. The van der Waals surface area contributed by atoms with Gasteiger partial charge >= 0.3 is 0 Å². The Labute approximate surface area is 84.3 Å². The van der Waals surface area contributed by atoms with Crippen LogP contribution in [-0.2, 0) is 0 Å². The first kappa shape index (κ1) is 10.6. The molecule has 0 amide bonds. The number of halogens is 1. The fourth-order valence-corrected chi connectivity index (χ4v) is 1.56. The fraction of sp³-hybridized carbons (Fsp3) is 0.714. The molecule has 0 N–H and O–H groups in total. The molecular formula is C7H14INS. The lowest BCUT2D eigenvalue weighted by Crippen LogP contribution is -2.13. The maximum atomic E-state index is 2.36. The summed E-state index contributed by atoms with van der Waals surface area (Å²) in [5.74, 6) is 1.17. The van der Waals surface area contributed by atoms with Crippen molar-refractivity contribution in [2.45, 2.75) is 19.8 Å². The maximum Gasteiger partial charge on any atom is 0.0675 e. The standard InChI is InChI=1S/C7H13NS.HI/c1-2-3-4-8-5-6-9-7-8;/h5-6H,2-4,7H2,1H3;1H. The van der Waals surface area contributed by atoms with Crippen LogP contribution >= 0.6 is 35.7 Å². The molecule has 0 aromatic rings. The first-order chi connectivity index (χ1) is 4.43. The van der Waals surface area contributed by atoms with Gasteiger partial charge in [0.1, 0.15) is 0 Å². The molecular weight excluding hydrogens is 257 g/mol. The van der Waals surface area contributed by atoms with Gasteiger partial charge in [-0.2, -0.15) is 0 Å². The summed E-state index contributed by atoms with van der Waals surface area (Å²) < 4.78 is 0. The minimum atomic E-state index is 0. The summed E-state index contributed by atoms with van der Waals surface area (Å²) in [7, 11) is 0. The van der Waals surface area contributed by atoms with Gasteiger partial charge in [-0.3, -0.25) is 0 Å². The second-order valence-electron chi connectivity index (χ2n) is 2.25. The third-order valence-corrected chi connectivity index (χ3v) is 2.20. The SMILES string of the molecule is CCCCN1C=CSC1.I. The summed E-state index contributed by atoms with van der Waals surface area (Å²) in [4.78, 5) is 2.36. The predicted octanol–water partition coefficient (Wildman–Crippen LogP) is 2.88. The largest absolute Gasteiger partial charge is 0.367 e. The fourth-order valence-electron chi connectivity index (χ4n) is 0.811. The van der Waals surface area contributed by atoms with E-state index in [4.69, 9.17) is 0 Å². The third kappa shape index (κ3) is 3.71. The van der Waals surface area contributed by atoms with Crippen molar-refractivity contribution in [3.63, 3.8) is 0 Å². The van der Waals surface area contributed by atoms with Gasteiger partial charge in [0.2, 0.25) is 0 Å². The van der Waals surface area contributed by atoms with Crippen LogP contribution in [0.1, 0.15) is 19.8 Å². The van der Waals surface area contributed by atoms with E-state index in [-0.39, 0.29) is 24.0 Å². The van der Waals surface area contributed by atoms with Gasteiger partial charge in [0.15, 0.2) is 0 Å². The van der Waals surface area contributed by atoms with Gasteiger partial charge in [-0.1, -0.05) is 13.3 Å². The van der Waals surface area contributed by atoms with Crippen molar-refractivity contribution in [3.8, 4) is 0 Å². The van der Waals surface area contributed by atoms with Gasteiger partial charge in [0, 0.05) is 12.7 Å². The Morgan fingerprint density at radius 2 is 2.40 bits per heavy atom. The Kier molecular flexibility index (Phi) is 6.73. The lowest BCUT2D eigenvalue weighted by atomic mass is 10.3. The van der Waals surface area contributed by atoms with Gasteiger partial charge < -0.3 is 4.90 Å². The molecule has 0 radical (unpaired) electrons. The number of hydrogen-bond acceptors (Lipinski definition) is 2. The van der Waals surface area contributed by atoms with E-state index in [1.54, 1.807) is 0 Å². The van der Waals surface area contributed by atoms with Gasteiger partial charge in [-0.25, -0.2) is 0 Å². The molecule has 0 aliphatic carbocycles. The second kappa shape index (κ2) is 6.34. The van der Waals surface area contributed by atoms with E-state index >= 15 is 0 Å². The highest BCUT2D eigenvalue weighted by molar-refractivity contribution is 14.0. The van der Waals surface area contributed by atoms with Gasteiger partial charge in [-0.05, 0) is 11.8 Å². The van der Waals surface area contributed by atoms with E-state index in [0.717, 1.165) is 0 Å². The number of unbranched alkanes of at least 4 members (excludes halogenated alkanes) is 1. The van der Waals surface area contributed by atoms with Crippen molar-refractivity contribution >= 4 is 35.7 Å². The number of thioether (sulfide) groups is 1. The monoisotopic (exact) mass is 271 g/mol. The zero-order valence-electron chi connectivity index (χ0n) is 6.25. The Morgan fingerprint density at radius 1 is 1.60 bits per heavy atom. The number of rotatable bonds is 3. The highest BCUT2D eigenvalue weighted by Crippen LogP contribution is 2.14. The highest BCUT2D eigenvalue weighted by Gasteiger charge is 2.01. The van der Waals surface area contributed by atoms with Crippen LogP contribution in [0.4, 0.5) is 0 Å². The van der Waals surface area contributed by atoms with Crippen LogP contribution in [0.15, 0.2) is 11.6 Å². The van der Waals surface area contributed by atoms with E-state index in [9.17, 15) is 0 Å². The summed E-state index contributed by atoms with van der Waals surface area (Å²) in [6.45, 7) is 3.47. The molecule has 1 rings (SSSR count). The summed E-state index contributed by atoms with van der Waals surface area (Å²) in [6, 6.07) is 0. The van der Waals surface area contributed by atoms with E-state index in [1.165, 1.54) is 25.3 Å².